The second-order valence-electron chi connectivity index (χ2n) is 3.81. The van der Waals surface area contributed by atoms with Crippen molar-refractivity contribution >= 4 is 11.7 Å². The Labute approximate surface area is 84.8 Å². The predicted octanol–water partition coefficient (Wildman–Crippen LogP) is 0.823. The molecule has 4 heteroatoms. The van der Waals surface area contributed by atoms with Crippen LogP contribution in [0.2, 0.25) is 0 Å². The molecular formula is C10H18N2O2. The van der Waals surface area contributed by atoms with E-state index < -0.39 is 0 Å². The van der Waals surface area contributed by atoms with Crippen LogP contribution in [0.5, 0.6) is 0 Å². The number of hydrogen-bond donors (Lipinski definition) is 0. The fraction of sp³-hybridized carbons (Fsp3) is 0.800. The maximum absolute atomic E-state index is 11.5. The van der Waals surface area contributed by atoms with Gasteiger partial charge < -0.3 is 0 Å². The first-order chi connectivity index (χ1) is 6.56. The molecule has 0 bridgehead atoms. The van der Waals surface area contributed by atoms with Crippen LogP contribution in [0, 0.1) is 0 Å². The lowest BCUT2D eigenvalue weighted by Gasteiger charge is -2.27. The van der Waals surface area contributed by atoms with Gasteiger partial charge in [-0.15, -0.1) is 0 Å². The molecule has 0 saturated carbocycles. The van der Waals surface area contributed by atoms with Gasteiger partial charge in [0.1, 0.15) is 5.78 Å². The average Bonchev–Trinajstić information content (AvgIpc) is 2.39. The van der Waals surface area contributed by atoms with Crippen LogP contribution in [0.15, 0.2) is 0 Å². The SMILES string of the molecule is CCC1CC(=O)N(CCC(C)=O)N1C. The van der Waals surface area contributed by atoms with Gasteiger partial charge in [-0.1, -0.05) is 6.92 Å². The fourth-order valence-corrected chi connectivity index (χ4v) is 1.77. The number of amides is 1. The molecule has 0 aromatic rings. The molecule has 1 amide bonds. The molecule has 4 nitrogen and oxygen atoms in total. The Hall–Kier alpha value is -0.900. The molecule has 0 aromatic carbocycles. The van der Waals surface area contributed by atoms with E-state index in [4.69, 9.17) is 0 Å². The fourth-order valence-electron chi connectivity index (χ4n) is 1.77. The highest BCUT2D eigenvalue weighted by molar-refractivity contribution is 5.80. The van der Waals surface area contributed by atoms with Crippen molar-refractivity contribution in [3.63, 3.8) is 0 Å². The highest BCUT2D eigenvalue weighted by Gasteiger charge is 2.33. The van der Waals surface area contributed by atoms with Crippen LogP contribution < -0.4 is 0 Å². The lowest BCUT2D eigenvalue weighted by Crippen LogP contribution is -2.40. The quantitative estimate of drug-likeness (QED) is 0.671. The van der Waals surface area contributed by atoms with E-state index in [0.29, 0.717) is 25.4 Å². The number of carbonyl (C=O) groups is 2. The molecule has 1 heterocycles. The lowest BCUT2D eigenvalue weighted by atomic mass is 10.2. The Bertz CT molecular complexity index is 240. The molecule has 0 radical (unpaired) electrons. The second kappa shape index (κ2) is 4.55. The van der Waals surface area contributed by atoms with Crippen LogP contribution in [0.1, 0.15) is 33.1 Å². The smallest absolute Gasteiger partial charge is 0.238 e. The summed E-state index contributed by atoms with van der Waals surface area (Å²) in [5.41, 5.74) is 0. The molecular weight excluding hydrogens is 180 g/mol. The van der Waals surface area contributed by atoms with Crippen LogP contribution in [0.4, 0.5) is 0 Å². The number of ketones is 1. The van der Waals surface area contributed by atoms with Crippen molar-refractivity contribution in [2.24, 2.45) is 0 Å². The van der Waals surface area contributed by atoms with Gasteiger partial charge >= 0.3 is 0 Å². The topological polar surface area (TPSA) is 40.6 Å². The summed E-state index contributed by atoms with van der Waals surface area (Å²) in [5, 5.41) is 3.65. The van der Waals surface area contributed by atoms with Crippen LogP contribution in [-0.2, 0) is 9.59 Å². The summed E-state index contributed by atoms with van der Waals surface area (Å²) in [7, 11) is 1.92. The second-order valence-corrected chi connectivity index (χ2v) is 3.81. The summed E-state index contributed by atoms with van der Waals surface area (Å²) in [5.74, 6) is 0.270. The van der Waals surface area contributed by atoms with Crippen molar-refractivity contribution in [1.29, 1.82) is 0 Å². The first-order valence-electron chi connectivity index (χ1n) is 5.08. The van der Waals surface area contributed by atoms with Gasteiger partial charge in [0.2, 0.25) is 5.91 Å². The van der Waals surface area contributed by atoms with E-state index in [9.17, 15) is 9.59 Å². The van der Waals surface area contributed by atoms with Crippen molar-refractivity contribution in [2.45, 2.75) is 39.2 Å². The van der Waals surface area contributed by atoms with E-state index in [0.717, 1.165) is 6.42 Å². The van der Waals surface area contributed by atoms with E-state index in [1.165, 1.54) is 0 Å². The van der Waals surface area contributed by atoms with Crippen molar-refractivity contribution in [1.82, 2.24) is 10.0 Å². The van der Waals surface area contributed by atoms with Gasteiger partial charge in [0, 0.05) is 32.5 Å². The van der Waals surface area contributed by atoms with Gasteiger partial charge in [0.25, 0.3) is 0 Å². The number of hydrazine groups is 1. The van der Waals surface area contributed by atoms with Gasteiger partial charge in [-0.05, 0) is 13.3 Å². The lowest BCUT2D eigenvalue weighted by molar-refractivity contribution is -0.137. The maximum Gasteiger partial charge on any atom is 0.238 e. The zero-order valence-corrected chi connectivity index (χ0v) is 9.12. The molecule has 80 valence electrons. The Morgan fingerprint density at radius 3 is 2.64 bits per heavy atom. The number of rotatable bonds is 4. The highest BCUT2D eigenvalue weighted by Crippen LogP contribution is 2.20. The Morgan fingerprint density at radius 1 is 1.57 bits per heavy atom. The molecule has 1 aliphatic rings. The van der Waals surface area contributed by atoms with E-state index in [1.807, 2.05) is 12.1 Å². The summed E-state index contributed by atoms with van der Waals surface area (Å²) in [6.45, 7) is 4.15. The number of nitrogens with zero attached hydrogens (tertiary/aromatic N) is 2. The Morgan fingerprint density at radius 2 is 2.21 bits per heavy atom. The minimum atomic E-state index is 0.131. The summed E-state index contributed by atoms with van der Waals surface area (Å²) >= 11 is 0. The zero-order chi connectivity index (χ0) is 10.7. The largest absolute Gasteiger partial charge is 0.300 e. The third kappa shape index (κ3) is 2.32. The molecule has 1 fully saturated rings. The summed E-state index contributed by atoms with van der Waals surface area (Å²) in [6, 6.07) is 0.314. The Kier molecular flexibility index (Phi) is 3.63. The summed E-state index contributed by atoms with van der Waals surface area (Å²) in [6.07, 6.45) is 2.01. The standard InChI is InChI=1S/C10H18N2O2/c1-4-9-7-10(14)12(11(9)3)6-5-8(2)13/h9H,4-7H2,1-3H3. The van der Waals surface area contributed by atoms with E-state index in [-0.39, 0.29) is 11.7 Å². The first-order valence-corrected chi connectivity index (χ1v) is 5.08. The molecule has 1 rings (SSSR count). The van der Waals surface area contributed by atoms with Gasteiger partial charge in [-0.3, -0.25) is 14.6 Å². The molecule has 0 aliphatic carbocycles. The number of hydrogen-bond acceptors (Lipinski definition) is 3. The Balaban J connectivity index is 2.52. The maximum atomic E-state index is 11.5. The molecule has 1 aliphatic heterocycles. The first kappa shape index (κ1) is 11.2. The average molecular weight is 198 g/mol. The third-order valence-corrected chi connectivity index (χ3v) is 2.75. The van der Waals surface area contributed by atoms with Gasteiger partial charge in [-0.25, -0.2) is 5.01 Å². The molecule has 0 N–H and O–H groups in total. The number of carbonyl (C=O) groups excluding carboxylic acids is 2. The van der Waals surface area contributed by atoms with Crippen molar-refractivity contribution in [3.8, 4) is 0 Å². The van der Waals surface area contributed by atoms with Crippen LogP contribution in [0.25, 0.3) is 0 Å². The number of Topliss-reactive ketones (excluding diaryl/α,β-unsaturated/α-hetero) is 1. The summed E-state index contributed by atoms with van der Waals surface area (Å²) < 4.78 is 0. The van der Waals surface area contributed by atoms with E-state index in [2.05, 4.69) is 6.92 Å². The van der Waals surface area contributed by atoms with Crippen molar-refractivity contribution in [2.75, 3.05) is 13.6 Å². The predicted molar refractivity (Wildman–Crippen MR) is 53.5 cm³/mol. The van der Waals surface area contributed by atoms with E-state index in [1.54, 1.807) is 11.9 Å². The van der Waals surface area contributed by atoms with Crippen molar-refractivity contribution in [3.05, 3.63) is 0 Å². The summed E-state index contributed by atoms with van der Waals surface area (Å²) in [4.78, 5) is 22.3. The van der Waals surface area contributed by atoms with Gasteiger partial charge in [0.05, 0.1) is 0 Å². The zero-order valence-electron chi connectivity index (χ0n) is 9.12. The van der Waals surface area contributed by atoms with Crippen LogP contribution in [0.3, 0.4) is 0 Å². The van der Waals surface area contributed by atoms with Gasteiger partial charge in [0.15, 0.2) is 0 Å². The molecule has 1 atom stereocenters. The molecule has 1 saturated heterocycles. The third-order valence-electron chi connectivity index (χ3n) is 2.75. The highest BCUT2D eigenvalue weighted by atomic mass is 16.2. The molecule has 1 unspecified atom stereocenters. The minimum absolute atomic E-state index is 0.131. The monoisotopic (exact) mass is 198 g/mol. The van der Waals surface area contributed by atoms with Gasteiger partial charge in [-0.2, -0.15) is 0 Å². The van der Waals surface area contributed by atoms with E-state index >= 15 is 0 Å². The van der Waals surface area contributed by atoms with Crippen LogP contribution >= 0.6 is 0 Å². The normalized spacial score (nSPS) is 23.2. The molecule has 0 aromatic heterocycles. The van der Waals surface area contributed by atoms with Crippen LogP contribution in [-0.4, -0.2) is 41.3 Å². The molecule has 14 heavy (non-hydrogen) atoms. The molecule has 0 spiro atoms. The minimum Gasteiger partial charge on any atom is -0.300 e. The van der Waals surface area contributed by atoms with Crippen molar-refractivity contribution < 1.29 is 9.59 Å².